The average Bonchev–Trinajstić information content (AvgIpc) is 3.09. The normalized spacial score (nSPS) is 11.5. The molecular formula is C21H19N5S. The van der Waals surface area contributed by atoms with Gasteiger partial charge in [0.2, 0.25) is 0 Å². The molecule has 0 saturated heterocycles. The van der Waals surface area contributed by atoms with Crippen molar-refractivity contribution in [3.63, 3.8) is 0 Å². The smallest absolute Gasteiger partial charge is 0.158 e. The minimum absolute atomic E-state index is 0.0676. The number of nitrogens with zero attached hydrogens (tertiary/aromatic N) is 4. The highest BCUT2D eigenvalue weighted by atomic mass is 32.1. The second-order valence-corrected chi connectivity index (χ2v) is 8.19. The molecule has 27 heavy (non-hydrogen) atoms. The van der Waals surface area contributed by atoms with Crippen LogP contribution in [0.15, 0.2) is 48.2 Å². The first-order valence-corrected chi connectivity index (χ1v) is 9.45. The van der Waals surface area contributed by atoms with Gasteiger partial charge < -0.3 is 5.32 Å². The van der Waals surface area contributed by atoms with Crippen LogP contribution in [0, 0.1) is 12.3 Å². The minimum Gasteiger partial charge on any atom is -0.365 e. The third kappa shape index (κ3) is 3.69. The van der Waals surface area contributed by atoms with Crippen LogP contribution >= 0.6 is 11.3 Å². The summed E-state index contributed by atoms with van der Waals surface area (Å²) in [4.78, 5) is 9.52. The zero-order valence-electron chi connectivity index (χ0n) is 15.4. The van der Waals surface area contributed by atoms with Gasteiger partial charge in [-0.05, 0) is 38.3 Å². The fourth-order valence-corrected chi connectivity index (χ4v) is 3.50. The van der Waals surface area contributed by atoms with Crippen LogP contribution in [0.25, 0.3) is 27.3 Å². The molecule has 2 aliphatic rings. The number of thiophene rings is 1. The lowest BCUT2D eigenvalue weighted by molar-refractivity contribution is 0.625. The van der Waals surface area contributed by atoms with E-state index in [4.69, 9.17) is 6.42 Å². The molecule has 0 spiro atoms. The Bertz CT molecular complexity index is 1140. The maximum Gasteiger partial charge on any atom is 0.158 e. The Morgan fingerprint density at radius 3 is 2.52 bits per heavy atom. The molecule has 3 aromatic heterocycles. The van der Waals surface area contributed by atoms with Gasteiger partial charge in [0, 0.05) is 46.8 Å². The topological polar surface area (TPSA) is 55.1 Å². The second kappa shape index (κ2) is 6.53. The first-order chi connectivity index (χ1) is 12.9. The fourth-order valence-electron chi connectivity index (χ4n) is 2.68. The van der Waals surface area contributed by atoms with Crippen molar-refractivity contribution in [1.82, 2.24) is 19.6 Å². The Morgan fingerprint density at radius 2 is 1.93 bits per heavy atom. The SMILES string of the molecule is C#Cc1ccsc1-c1cc(NC(C)(C)C)n2nccc2n1.c1ncc2cc1-2. The van der Waals surface area contributed by atoms with Crippen molar-refractivity contribution in [1.29, 1.82) is 0 Å². The molecule has 0 saturated carbocycles. The van der Waals surface area contributed by atoms with Gasteiger partial charge in [0.1, 0.15) is 5.82 Å². The number of fused-ring (bicyclic) bond motifs is 2. The molecule has 0 amide bonds. The van der Waals surface area contributed by atoms with Gasteiger partial charge in [0.25, 0.3) is 0 Å². The van der Waals surface area contributed by atoms with Gasteiger partial charge in [-0.3, -0.25) is 4.98 Å². The average molecular weight is 373 g/mol. The number of anilines is 1. The summed E-state index contributed by atoms with van der Waals surface area (Å²) < 4.78 is 1.80. The highest BCUT2D eigenvalue weighted by Gasteiger charge is 2.16. The predicted octanol–water partition coefficient (Wildman–Crippen LogP) is 4.71. The third-order valence-electron chi connectivity index (χ3n) is 3.90. The highest BCUT2D eigenvalue weighted by Crippen LogP contribution is 2.31. The lowest BCUT2D eigenvalue weighted by Crippen LogP contribution is -2.27. The fraction of sp³-hybridized carbons (Fsp3) is 0.190. The molecule has 4 heterocycles. The van der Waals surface area contributed by atoms with Crippen LogP contribution < -0.4 is 5.32 Å². The molecule has 5 nitrogen and oxygen atoms in total. The number of aromatic nitrogens is 4. The van der Waals surface area contributed by atoms with E-state index in [2.05, 4.69) is 53.1 Å². The third-order valence-corrected chi connectivity index (χ3v) is 4.84. The van der Waals surface area contributed by atoms with Crippen LogP contribution in [0.3, 0.4) is 0 Å². The van der Waals surface area contributed by atoms with Crippen molar-refractivity contribution in [2.75, 3.05) is 5.32 Å². The molecular weight excluding hydrogens is 354 g/mol. The number of nitrogens with one attached hydrogen (secondary N) is 1. The zero-order valence-corrected chi connectivity index (χ0v) is 16.2. The quantitative estimate of drug-likeness (QED) is 0.455. The zero-order chi connectivity index (χ0) is 19.0. The second-order valence-electron chi connectivity index (χ2n) is 7.27. The summed E-state index contributed by atoms with van der Waals surface area (Å²) in [6, 6.07) is 7.94. The highest BCUT2D eigenvalue weighted by molar-refractivity contribution is 7.13. The van der Waals surface area contributed by atoms with E-state index in [1.807, 2.05) is 36.0 Å². The lowest BCUT2D eigenvalue weighted by atomic mass is 10.1. The summed E-state index contributed by atoms with van der Waals surface area (Å²) in [6.45, 7) is 6.33. The van der Waals surface area contributed by atoms with E-state index in [1.54, 1.807) is 22.0 Å². The van der Waals surface area contributed by atoms with Crippen molar-refractivity contribution in [3.8, 4) is 34.0 Å². The molecule has 3 aromatic rings. The molecule has 5 rings (SSSR count). The van der Waals surface area contributed by atoms with Gasteiger partial charge in [-0.25, -0.2) is 4.98 Å². The van der Waals surface area contributed by atoms with Gasteiger partial charge >= 0.3 is 0 Å². The molecule has 134 valence electrons. The van der Waals surface area contributed by atoms with Gasteiger partial charge in [-0.1, -0.05) is 5.92 Å². The monoisotopic (exact) mass is 373 g/mol. The molecule has 1 N–H and O–H groups in total. The number of terminal acetylenes is 1. The van der Waals surface area contributed by atoms with Crippen LogP contribution in [0.1, 0.15) is 26.3 Å². The molecule has 1 aliphatic heterocycles. The summed E-state index contributed by atoms with van der Waals surface area (Å²) in [5, 5.41) is 9.78. The van der Waals surface area contributed by atoms with Crippen LogP contribution in [-0.4, -0.2) is 25.1 Å². The number of hydrogen-bond donors (Lipinski definition) is 1. The van der Waals surface area contributed by atoms with E-state index in [9.17, 15) is 0 Å². The number of pyridine rings is 1. The maximum absolute atomic E-state index is 5.56. The number of hydrogen-bond acceptors (Lipinski definition) is 5. The van der Waals surface area contributed by atoms with Crippen molar-refractivity contribution in [2.24, 2.45) is 0 Å². The minimum atomic E-state index is -0.0676. The van der Waals surface area contributed by atoms with Crippen molar-refractivity contribution < 1.29 is 0 Å². The van der Waals surface area contributed by atoms with Crippen LogP contribution in [-0.2, 0) is 0 Å². The Kier molecular flexibility index (Phi) is 4.17. The van der Waals surface area contributed by atoms with Crippen LogP contribution in [0.4, 0.5) is 5.82 Å². The van der Waals surface area contributed by atoms with Crippen molar-refractivity contribution >= 4 is 22.8 Å². The summed E-state index contributed by atoms with van der Waals surface area (Å²) >= 11 is 1.60. The molecule has 0 atom stereocenters. The molecule has 0 bridgehead atoms. The van der Waals surface area contributed by atoms with E-state index >= 15 is 0 Å². The molecule has 1 aliphatic carbocycles. The number of rotatable bonds is 2. The molecule has 0 aromatic carbocycles. The molecule has 6 heteroatoms. The summed E-state index contributed by atoms with van der Waals surface area (Å²) in [6.07, 6.45) is 11.0. The summed E-state index contributed by atoms with van der Waals surface area (Å²) in [7, 11) is 0. The van der Waals surface area contributed by atoms with Gasteiger partial charge in [-0.15, -0.1) is 17.8 Å². The molecule has 0 fully saturated rings. The molecule has 0 radical (unpaired) electrons. The van der Waals surface area contributed by atoms with Gasteiger partial charge in [0.15, 0.2) is 5.65 Å². The van der Waals surface area contributed by atoms with E-state index in [0.717, 1.165) is 27.6 Å². The van der Waals surface area contributed by atoms with Gasteiger partial charge in [-0.2, -0.15) is 9.61 Å². The summed E-state index contributed by atoms with van der Waals surface area (Å²) in [5.41, 5.74) is 5.11. The van der Waals surface area contributed by atoms with E-state index in [1.165, 1.54) is 11.1 Å². The van der Waals surface area contributed by atoms with Crippen LogP contribution in [0.5, 0.6) is 0 Å². The van der Waals surface area contributed by atoms with Gasteiger partial charge in [0.05, 0.1) is 16.8 Å². The van der Waals surface area contributed by atoms with E-state index < -0.39 is 0 Å². The summed E-state index contributed by atoms with van der Waals surface area (Å²) in [5.74, 6) is 3.62. The van der Waals surface area contributed by atoms with E-state index in [-0.39, 0.29) is 5.54 Å². The van der Waals surface area contributed by atoms with Crippen molar-refractivity contribution in [3.05, 3.63) is 53.8 Å². The Hall–Kier alpha value is -3.17. The standard InChI is InChI=1S/C16H16N4S.C5H3N/c1-5-11-7-9-21-15(11)12-10-14(19-16(2,3)4)20-13(18-12)6-8-17-20;1-4-2-6-3-5(1)4/h1,6-10,19H,2-4H3;1-3H. The largest absolute Gasteiger partial charge is 0.365 e. The Balaban J connectivity index is 0.000000250. The Morgan fingerprint density at radius 1 is 1.15 bits per heavy atom. The van der Waals surface area contributed by atoms with E-state index in [0.29, 0.717) is 0 Å². The predicted molar refractivity (Wildman–Crippen MR) is 111 cm³/mol. The first kappa shape index (κ1) is 17.3. The maximum atomic E-state index is 5.56. The Labute approximate surface area is 162 Å². The lowest BCUT2D eigenvalue weighted by Gasteiger charge is -2.22. The van der Waals surface area contributed by atoms with Crippen molar-refractivity contribution in [2.45, 2.75) is 26.3 Å². The first-order valence-electron chi connectivity index (χ1n) is 8.57. The van der Waals surface area contributed by atoms with Crippen LogP contribution in [0.2, 0.25) is 0 Å². The molecule has 0 unspecified atom stereocenters.